The fourth-order valence-electron chi connectivity index (χ4n) is 3.06. The molecule has 0 saturated heterocycles. The van der Waals surface area contributed by atoms with Crippen LogP contribution in [0.5, 0.6) is 0 Å². The number of ether oxygens (including phenoxy) is 1. The van der Waals surface area contributed by atoms with Gasteiger partial charge in [-0.15, -0.1) is 0 Å². The van der Waals surface area contributed by atoms with Crippen molar-refractivity contribution in [1.29, 1.82) is 0 Å². The van der Waals surface area contributed by atoms with E-state index in [1.165, 1.54) is 15.9 Å². The zero-order valence-electron chi connectivity index (χ0n) is 16.8. The summed E-state index contributed by atoms with van der Waals surface area (Å²) in [6.07, 6.45) is 2.31. The number of hydrogen-bond donors (Lipinski definition) is 0. The van der Waals surface area contributed by atoms with E-state index in [2.05, 4.69) is 9.97 Å². The van der Waals surface area contributed by atoms with Crippen LogP contribution in [-0.2, 0) is 9.53 Å². The summed E-state index contributed by atoms with van der Waals surface area (Å²) in [4.78, 5) is 35.5. The summed E-state index contributed by atoms with van der Waals surface area (Å²) in [6, 6.07) is 4.64. The lowest BCUT2D eigenvalue weighted by Gasteiger charge is -2.29. The molecule has 0 aliphatic carbocycles. The maximum absolute atomic E-state index is 13.5. The van der Waals surface area contributed by atoms with Crippen LogP contribution >= 0.6 is 11.3 Å². The number of esters is 1. The molecule has 0 fully saturated rings. The largest absolute Gasteiger partial charge is 0.458 e. The van der Waals surface area contributed by atoms with E-state index in [9.17, 15) is 9.59 Å². The number of aromatic nitrogens is 3. The van der Waals surface area contributed by atoms with Crippen molar-refractivity contribution in [2.24, 2.45) is 5.92 Å². The first kappa shape index (κ1) is 20.2. The van der Waals surface area contributed by atoms with Gasteiger partial charge in [0.1, 0.15) is 22.9 Å². The number of fused-ring (bicyclic) bond motifs is 1. The first-order valence-electron chi connectivity index (χ1n) is 9.35. The van der Waals surface area contributed by atoms with Crippen molar-refractivity contribution in [2.45, 2.75) is 52.7 Å². The van der Waals surface area contributed by atoms with Gasteiger partial charge in [-0.2, -0.15) is 11.3 Å². The molecule has 0 aliphatic rings. The summed E-state index contributed by atoms with van der Waals surface area (Å²) < 4.78 is 7.14. The average Bonchev–Trinajstić information content (AvgIpc) is 3.16. The number of carbonyl (C=O) groups is 1. The molecule has 6 nitrogen and oxygen atoms in total. The fraction of sp³-hybridized carbons (Fsp3) is 0.429. The van der Waals surface area contributed by atoms with Crippen molar-refractivity contribution in [3.05, 3.63) is 45.5 Å². The van der Waals surface area contributed by atoms with Gasteiger partial charge in [0.25, 0.3) is 5.56 Å². The molecule has 0 saturated carbocycles. The van der Waals surface area contributed by atoms with Crippen molar-refractivity contribution in [3.8, 4) is 11.3 Å². The molecule has 0 aromatic carbocycles. The first-order valence-corrected chi connectivity index (χ1v) is 10.3. The smallest absolute Gasteiger partial charge is 0.330 e. The van der Waals surface area contributed by atoms with Gasteiger partial charge in [0.2, 0.25) is 0 Å². The molecule has 0 amide bonds. The number of carbonyl (C=O) groups excluding carboxylic acids is 1. The van der Waals surface area contributed by atoms with Crippen LogP contribution in [0.1, 0.15) is 47.1 Å². The van der Waals surface area contributed by atoms with Crippen LogP contribution in [-0.4, -0.2) is 26.1 Å². The van der Waals surface area contributed by atoms with E-state index in [1.807, 2.05) is 51.4 Å². The van der Waals surface area contributed by atoms with Gasteiger partial charge in [0.05, 0.1) is 0 Å². The Labute approximate surface area is 168 Å². The third-order valence-corrected chi connectivity index (χ3v) is 5.24. The number of nitrogens with zero attached hydrogens (tertiary/aromatic N) is 3. The minimum absolute atomic E-state index is 0.115. The van der Waals surface area contributed by atoms with E-state index >= 15 is 0 Å². The first-order chi connectivity index (χ1) is 13.2. The van der Waals surface area contributed by atoms with Gasteiger partial charge in [-0.25, -0.2) is 14.8 Å². The highest BCUT2D eigenvalue weighted by atomic mass is 32.1. The molecule has 0 aliphatic heterocycles. The maximum atomic E-state index is 13.5. The second kappa shape index (κ2) is 7.83. The van der Waals surface area contributed by atoms with Crippen molar-refractivity contribution in [1.82, 2.24) is 14.5 Å². The Morgan fingerprint density at radius 2 is 2.07 bits per heavy atom. The molecule has 148 valence electrons. The zero-order chi connectivity index (χ0) is 20.5. The summed E-state index contributed by atoms with van der Waals surface area (Å²) in [5.41, 5.74) is 1.03. The van der Waals surface area contributed by atoms with Crippen LogP contribution in [0.25, 0.3) is 22.4 Å². The lowest BCUT2D eigenvalue weighted by molar-refractivity contribution is -0.160. The van der Waals surface area contributed by atoms with Crippen LogP contribution < -0.4 is 5.56 Å². The molecule has 0 spiro atoms. The Bertz CT molecular complexity index is 1040. The predicted molar refractivity (Wildman–Crippen MR) is 111 cm³/mol. The van der Waals surface area contributed by atoms with E-state index in [0.717, 1.165) is 5.56 Å². The second-order valence-corrected chi connectivity index (χ2v) is 8.64. The highest BCUT2D eigenvalue weighted by Crippen LogP contribution is 2.28. The van der Waals surface area contributed by atoms with Crippen LogP contribution in [0.4, 0.5) is 0 Å². The molecule has 3 heterocycles. The van der Waals surface area contributed by atoms with E-state index in [-0.39, 0.29) is 11.5 Å². The predicted octanol–water partition coefficient (Wildman–Crippen LogP) is 4.45. The quantitative estimate of drug-likeness (QED) is 0.593. The lowest BCUT2D eigenvalue weighted by Crippen LogP contribution is -2.39. The normalized spacial score (nSPS) is 14.0. The van der Waals surface area contributed by atoms with E-state index in [0.29, 0.717) is 23.3 Å². The standard InChI is InChI=1S/C21H25N3O3S/c1-6-13(2)17(20(26)27-21(3,4)5)24-18-15(8-7-10-22-18)23-16(19(24)25)14-9-11-28-12-14/h7-13,17H,6H2,1-5H3/t13-,17-/m0/s1. The molecule has 3 aromatic heterocycles. The van der Waals surface area contributed by atoms with Gasteiger partial charge < -0.3 is 4.74 Å². The average molecular weight is 400 g/mol. The Kier molecular flexibility index (Phi) is 5.65. The second-order valence-electron chi connectivity index (χ2n) is 7.86. The molecule has 0 radical (unpaired) electrons. The summed E-state index contributed by atoms with van der Waals surface area (Å²) >= 11 is 1.49. The Balaban J connectivity index is 2.30. The molecular formula is C21H25N3O3S. The van der Waals surface area contributed by atoms with Crippen molar-refractivity contribution in [2.75, 3.05) is 0 Å². The third-order valence-electron chi connectivity index (χ3n) is 4.55. The SMILES string of the molecule is CC[C@H](C)[C@@H](C(=O)OC(C)(C)C)n1c(=O)c(-c2ccsc2)nc2cccnc21. The summed E-state index contributed by atoms with van der Waals surface area (Å²) in [7, 11) is 0. The summed E-state index contributed by atoms with van der Waals surface area (Å²) in [5.74, 6) is -0.547. The van der Waals surface area contributed by atoms with E-state index < -0.39 is 17.6 Å². The molecular weight excluding hydrogens is 374 g/mol. The number of pyridine rings is 1. The lowest BCUT2D eigenvalue weighted by atomic mass is 9.98. The highest BCUT2D eigenvalue weighted by Gasteiger charge is 2.33. The minimum Gasteiger partial charge on any atom is -0.458 e. The molecule has 7 heteroatoms. The maximum Gasteiger partial charge on any atom is 0.330 e. The summed E-state index contributed by atoms with van der Waals surface area (Å²) in [6.45, 7) is 9.40. The van der Waals surface area contributed by atoms with Gasteiger partial charge >= 0.3 is 5.97 Å². The van der Waals surface area contributed by atoms with Gasteiger partial charge in [-0.1, -0.05) is 20.3 Å². The van der Waals surface area contributed by atoms with Gasteiger partial charge in [0, 0.05) is 17.1 Å². The number of hydrogen-bond acceptors (Lipinski definition) is 6. The topological polar surface area (TPSA) is 74.1 Å². The number of thiophene rings is 1. The minimum atomic E-state index is -0.783. The molecule has 0 N–H and O–H groups in total. The van der Waals surface area contributed by atoms with Crippen molar-refractivity contribution in [3.63, 3.8) is 0 Å². The van der Waals surface area contributed by atoms with Crippen LogP contribution in [0.15, 0.2) is 40.0 Å². The Hall–Kier alpha value is -2.54. The third kappa shape index (κ3) is 3.99. The fourth-order valence-corrected chi connectivity index (χ4v) is 3.70. The van der Waals surface area contributed by atoms with Gasteiger partial charge in [-0.3, -0.25) is 9.36 Å². The van der Waals surface area contributed by atoms with Gasteiger partial charge in [0.15, 0.2) is 5.65 Å². The molecule has 2 atom stereocenters. The molecule has 0 bridgehead atoms. The van der Waals surface area contributed by atoms with Crippen LogP contribution in [0.2, 0.25) is 0 Å². The van der Waals surface area contributed by atoms with Crippen LogP contribution in [0.3, 0.4) is 0 Å². The molecule has 3 aromatic rings. The number of rotatable bonds is 5. The molecule has 28 heavy (non-hydrogen) atoms. The van der Waals surface area contributed by atoms with Crippen molar-refractivity contribution >= 4 is 28.5 Å². The monoisotopic (exact) mass is 399 g/mol. The zero-order valence-corrected chi connectivity index (χ0v) is 17.6. The van der Waals surface area contributed by atoms with E-state index in [1.54, 1.807) is 18.3 Å². The van der Waals surface area contributed by atoms with Crippen LogP contribution in [0, 0.1) is 5.92 Å². The Morgan fingerprint density at radius 1 is 1.32 bits per heavy atom. The Morgan fingerprint density at radius 3 is 2.68 bits per heavy atom. The van der Waals surface area contributed by atoms with Gasteiger partial charge in [-0.05, 0) is 50.3 Å². The molecule has 0 unspecified atom stereocenters. The van der Waals surface area contributed by atoms with E-state index in [4.69, 9.17) is 4.74 Å². The summed E-state index contributed by atoms with van der Waals surface area (Å²) in [5, 5.41) is 3.77. The molecule has 3 rings (SSSR count). The highest BCUT2D eigenvalue weighted by molar-refractivity contribution is 7.08. The van der Waals surface area contributed by atoms with Crippen molar-refractivity contribution < 1.29 is 9.53 Å².